The van der Waals surface area contributed by atoms with E-state index in [1.807, 2.05) is 12.1 Å². The summed E-state index contributed by atoms with van der Waals surface area (Å²) in [5.41, 5.74) is 9.23. The Balaban J connectivity index is 2.20. The van der Waals surface area contributed by atoms with Crippen LogP contribution in [-0.4, -0.2) is 5.16 Å². The van der Waals surface area contributed by atoms with Crippen molar-refractivity contribution in [3.63, 3.8) is 0 Å². The number of aromatic nitrogens is 1. The van der Waals surface area contributed by atoms with Crippen LogP contribution in [0.4, 0.5) is 5.82 Å². The van der Waals surface area contributed by atoms with Gasteiger partial charge in [0, 0.05) is 16.7 Å². The zero-order valence-electron chi connectivity index (χ0n) is 8.66. The second-order valence-corrected chi connectivity index (χ2v) is 4.50. The van der Waals surface area contributed by atoms with E-state index in [0.29, 0.717) is 11.6 Å². The first-order valence-electron chi connectivity index (χ1n) is 5.28. The van der Waals surface area contributed by atoms with Crippen molar-refractivity contribution in [2.45, 2.75) is 19.3 Å². The molecule has 3 nitrogen and oxygen atoms in total. The summed E-state index contributed by atoms with van der Waals surface area (Å²) in [6, 6.07) is 5.70. The second-order valence-electron chi connectivity index (χ2n) is 4.06. The van der Waals surface area contributed by atoms with Crippen LogP contribution in [0.25, 0.3) is 11.3 Å². The van der Waals surface area contributed by atoms with Crippen molar-refractivity contribution in [3.8, 4) is 11.3 Å². The van der Waals surface area contributed by atoms with Gasteiger partial charge in [0.05, 0.1) is 0 Å². The van der Waals surface area contributed by atoms with Crippen molar-refractivity contribution in [1.82, 2.24) is 5.16 Å². The van der Waals surface area contributed by atoms with E-state index in [1.54, 1.807) is 6.07 Å². The lowest BCUT2D eigenvalue weighted by molar-refractivity contribution is 0.435. The van der Waals surface area contributed by atoms with Gasteiger partial charge in [-0.3, -0.25) is 0 Å². The monoisotopic (exact) mass is 234 g/mol. The normalized spacial score (nSPS) is 14.1. The van der Waals surface area contributed by atoms with Gasteiger partial charge in [-0.15, -0.1) is 0 Å². The van der Waals surface area contributed by atoms with Gasteiger partial charge in [0.15, 0.2) is 11.6 Å². The average Bonchev–Trinajstić information content (AvgIpc) is 2.84. The van der Waals surface area contributed by atoms with Gasteiger partial charge >= 0.3 is 0 Å². The van der Waals surface area contributed by atoms with E-state index in [1.165, 1.54) is 17.5 Å². The Bertz CT molecular complexity index is 548. The Morgan fingerprint density at radius 1 is 1.25 bits per heavy atom. The molecule has 0 bridgehead atoms. The number of aryl methyl sites for hydroxylation is 1. The number of halogens is 1. The smallest absolute Gasteiger partial charge is 0.169 e. The van der Waals surface area contributed by atoms with Crippen molar-refractivity contribution >= 4 is 17.4 Å². The number of anilines is 1. The van der Waals surface area contributed by atoms with Crippen LogP contribution in [0.5, 0.6) is 0 Å². The molecule has 1 heterocycles. The molecule has 0 spiro atoms. The highest BCUT2D eigenvalue weighted by Crippen LogP contribution is 2.35. The maximum absolute atomic E-state index is 6.09. The molecule has 0 fully saturated rings. The fourth-order valence-electron chi connectivity index (χ4n) is 2.30. The van der Waals surface area contributed by atoms with Crippen LogP contribution < -0.4 is 5.73 Å². The Labute approximate surface area is 98.2 Å². The standard InChI is InChI=1S/C12H11ClN2O/c13-8-4-7-2-1-3-9(7)10(5-8)11-6-12(14)15-16-11/h4-6H,1-3H2,(H2,14,15). The fourth-order valence-corrected chi connectivity index (χ4v) is 2.54. The average molecular weight is 235 g/mol. The quantitative estimate of drug-likeness (QED) is 0.825. The Kier molecular flexibility index (Phi) is 2.14. The Hall–Kier alpha value is -1.48. The number of nitrogens with two attached hydrogens (primary N) is 1. The molecule has 0 atom stereocenters. The third kappa shape index (κ3) is 1.48. The van der Waals surface area contributed by atoms with Crippen LogP contribution in [0.3, 0.4) is 0 Å². The molecule has 1 aromatic heterocycles. The zero-order chi connectivity index (χ0) is 11.1. The highest BCUT2D eigenvalue weighted by Gasteiger charge is 2.19. The van der Waals surface area contributed by atoms with Gasteiger partial charge in [-0.2, -0.15) is 0 Å². The van der Waals surface area contributed by atoms with Gasteiger partial charge in [-0.1, -0.05) is 16.8 Å². The summed E-state index contributed by atoms with van der Waals surface area (Å²) >= 11 is 6.09. The van der Waals surface area contributed by atoms with E-state index in [2.05, 4.69) is 5.16 Å². The molecule has 3 rings (SSSR count). The summed E-state index contributed by atoms with van der Waals surface area (Å²) in [5.74, 6) is 1.11. The van der Waals surface area contributed by atoms with E-state index in [-0.39, 0.29) is 0 Å². The lowest BCUT2D eigenvalue weighted by atomic mass is 10.0. The number of fused-ring (bicyclic) bond motifs is 1. The molecule has 1 aliphatic carbocycles. The third-order valence-electron chi connectivity index (χ3n) is 2.97. The van der Waals surface area contributed by atoms with Crippen molar-refractivity contribution in [1.29, 1.82) is 0 Å². The van der Waals surface area contributed by atoms with E-state index < -0.39 is 0 Å². The first-order chi connectivity index (χ1) is 7.74. The number of rotatable bonds is 1. The molecule has 1 aromatic carbocycles. The minimum Gasteiger partial charge on any atom is -0.381 e. The van der Waals surface area contributed by atoms with Crippen LogP contribution in [0.2, 0.25) is 5.02 Å². The van der Waals surface area contributed by atoms with Gasteiger partial charge in [-0.05, 0) is 42.5 Å². The van der Waals surface area contributed by atoms with Crippen LogP contribution in [0.1, 0.15) is 17.5 Å². The first kappa shape index (κ1) is 9.73. The van der Waals surface area contributed by atoms with Crippen molar-refractivity contribution in [2.75, 3.05) is 5.73 Å². The fraction of sp³-hybridized carbons (Fsp3) is 0.250. The SMILES string of the molecule is Nc1cc(-c2cc(Cl)cc3c2CCC3)on1. The molecule has 0 saturated carbocycles. The third-order valence-corrected chi connectivity index (χ3v) is 3.19. The van der Waals surface area contributed by atoms with Crippen LogP contribution in [0, 0.1) is 0 Å². The number of nitrogen functional groups attached to an aromatic ring is 1. The van der Waals surface area contributed by atoms with Crippen LogP contribution >= 0.6 is 11.6 Å². The largest absolute Gasteiger partial charge is 0.381 e. The minimum atomic E-state index is 0.404. The molecular formula is C12H11ClN2O. The van der Waals surface area contributed by atoms with E-state index in [0.717, 1.165) is 23.4 Å². The highest BCUT2D eigenvalue weighted by molar-refractivity contribution is 6.31. The molecule has 16 heavy (non-hydrogen) atoms. The van der Waals surface area contributed by atoms with E-state index in [4.69, 9.17) is 21.9 Å². The van der Waals surface area contributed by atoms with Crippen molar-refractivity contribution < 1.29 is 4.52 Å². The number of benzene rings is 1. The molecule has 1 aliphatic rings. The number of hydrogen-bond donors (Lipinski definition) is 1. The molecule has 2 N–H and O–H groups in total. The van der Waals surface area contributed by atoms with Crippen LogP contribution in [0.15, 0.2) is 22.7 Å². The minimum absolute atomic E-state index is 0.404. The van der Waals surface area contributed by atoms with E-state index in [9.17, 15) is 0 Å². The lowest BCUT2D eigenvalue weighted by Crippen LogP contribution is -1.88. The van der Waals surface area contributed by atoms with Crippen LogP contribution in [-0.2, 0) is 12.8 Å². The molecule has 0 unspecified atom stereocenters. The Morgan fingerprint density at radius 2 is 2.12 bits per heavy atom. The van der Waals surface area contributed by atoms with Gasteiger partial charge in [0.2, 0.25) is 0 Å². The summed E-state index contributed by atoms with van der Waals surface area (Å²) in [4.78, 5) is 0. The maximum atomic E-state index is 6.09. The zero-order valence-corrected chi connectivity index (χ0v) is 9.42. The molecule has 0 radical (unpaired) electrons. The molecule has 0 aliphatic heterocycles. The van der Waals surface area contributed by atoms with Gasteiger partial charge in [0.25, 0.3) is 0 Å². The van der Waals surface area contributed by atoms with Gasteiger partial charge in [-0.25, -0.2) is 0 Å². The van der Waals surface area contributed by atoms with Crippen molar-refractivity contribution in [2.24, 2.45) is 0 Å². The second kappa shape index (κ2) is 3.52. The molecule has 2 aromatic rings. The number of nitrogens with zero attached hydrogens (tertiary/aromatic N) is 1. The summed E-state index contributed by atoms with van der Waals surface area (Å²) in [6.45, 7) is 0. The number of hydrogen-bond acceptors (Lipinski definition) is 3. The topological polar surface area (TPSA) is 52.0 Å². The molecular weight excluding hydrogens is 224 g/mol. The maximum Gasteiger partial charge on any atom is 0.169 e. The van der Waals surface area contributed by atoms with Gasteiger partial charge in [0.1, 0.15) is 0 Å². The molecule has 82 valence electrons. The van der Waals surface area contributed by atoms with Crippen molar-refractivity contribution in [3.05, 3.63) is 34.3 Å². The lowest BCUT2D eigenvalue weighted by Gasteiger charge is -2.05. The predicted octanol–water partition coefficient (Wildman–Crippen LogP) is 3.07. The first-order valence-corrected chi connectivity index (χ1v) is 5.66. The summed E-state index contributed by atoms with van der Waals surface area (Å²) in [5, 5.41) is 4.45. The molecule has 4 heteroatoms. The summed E-state index contributed by atoms with van der Waals surface area (Å²) < 4.78 is 5.20. The summed E-state index contributed by atoms with van der Waals surface area (Å²) in [6.07, 6.45) is 3.33. The molecule has 0 saturated heterocycles. The highest BCUT2D eigenvalue weighted by atomic mass is 35.5. The van der Waals surface area contributed by atoms with E-state index >= 15 is 0 Å². The van der Waals surface area contributed by atoms with Gasteiger partial charge < -0.3 is 10.3 Å². The predicted molar refractivity (Wildman–Crippen MR) is 63.4 cm³/mol. The Morgan fingerprint density at radius 3 is 2.88 bits per heavy atom. The molecule has 0 amide bonds. The summed E-state index contributed by atoms with van der Waals surface area (Å²) in [7, 11) is 0.